The van der Waals surface area contributed by atoms with E-state index in [1.54, 1.807) is 33.2 Å². The van der Waals surface area contributed by atoms with E-state index >= 15 is 0 Å². The maximum atomic E-state index is 10.8. The molecule has 3 nitrogen and oxygen atoms in total. The van der Waals surface area contributed by atoms with E-state index in [-0.39, 0.29) is 5.91 Å². The normalized spacial score (nSPS) is 12.1. The third kappa shape index (κ3) is 2.44. The Balaban J connectivity index is 4.23. The van der Waals surface area contributed by atoms with Crippen LogP contribution in [0.1, 0.15) is 13.8 Å². The molecule has 0 aromatic rings. The molecule has 0 heterocycles. The molecular formula is C7H12N2O. The van der Waals surface area contributed by atoms with Gasteiger partial charge in [-0.15, -0.1) is 0 Å². The highest BCUT2D eigenvalue weighted by Crippen LogP contribution is 1.93. The number of aliphatic imine (C=N–C) groups is 1. The second-order valence-electron chi connectivity index (χ2n) is 1.64. The first-order valence-electron chi connectivity index (χ1n) is 3.13. The molecule has 0 radical (unpaired) electrons. The number of likely N-dealkylation sites (N-methyl/N-ethyl adjacent to an activating group) is 1. The van der Waals surface area contributed by atoms with Crippen LogP contribution in [0, 0.1) is 0 Å². The molecule has 0 aromatic heterocycles. The molecule has 0 bridgehead atoms. The Hall–Kier alpha value is -1.12. The van der Waals surface area contributed by atoms with Crippen molar-refractivity contribution in [2.75, 3.05) is 7.05 Å². The fourth-order valence-corrected chi connectivity index (χ4v) is 0.531. The van der Waals surface area contributed by atoms with Crippen molar-refractivity contribution < 1.29 is 4.79 Å². The highest BCUT2D eigenvalue weighted by molar-refractivity contribution is 5.93. The summed E-state index contributed by atoms with van der Waals surface area (Å²) in [5, 5.41) is 2.48. The number of hydrogen-bond acceptors (Lipinski definition) is 2. The van der Waals surface area contributed by atoms with Crippen molar-refractivity contribution in [3.63, 3.8) is 0 Å². The van der Waals surface area contributed by atoms with Crippen LogP contribution in [-0.2, 0) is 4.79 Å². The molecule has 0 unspecified atom stereocenters. The maximum absolute atomic E-state index is 10.8. The van der Waals surface area contributed by atoms with Gasteiger partial charge in [-0.3, -0.25) is 9.79 Å². The molecule has 0 spiro atoms. The molecule has 0 rings (SSSR count). The number of allylic oxidation sites excluding steroid dienone is 1. The Bertz CT molecular complexity index is 170. The Kier molecular flexibility index (Phi) is 4.20. The number of hydrogen-bond donors (Lipinski definition) is 1. The quantitative estimate of drug-likeness (QED) is 0.446. The van der Waals surface area contributed by atoms with Gasteiger partial charge in [-0.25, -0.2) is 0 Å². The first kappa shape index (κ1) is 8.88. The summed E-state index contributed by atoms with van der Waals surface area (Å²) in [4.78, 5) is 14.7. The van der Waals surface area contributed by atoms with E-state index < -0.39 is 0 Å². The van der Waals surface area contributed by atoms with Crippen molar-refractivity contribution in [1.82, 2.24) is 5.32 Å². The van der Waals surface area contributed by atoms with Crippen LogP contribution in [0.5, 0.6) is 0 Å². The monoisotopic (exact) mass is 140 g/mol. The summed E-state index contributed by atoms with van der Waals surface area (Å²) in [5.41, 5.74) is 0.449. The van der Waals surface area contributed by atoms with Gasteiger partial charge in [-0.2, -0.15) is 0 Å². The summed E-state index contributed by atoms with van der Waals surface area (Å²) in [6.07, 6.45) is 3.25. The molecule has 0 saturated heterocycles. The lowest BCUT2D eigenvalue weighted by molar-refractivity contribution is -0.117. The predicted molar refractivity (Wildman–Crippen MR) is 42.0 cm³/mol. The minimum Gasteiger partial charge on any atom is -0.354 e. The van der Waals surface area contributed by atoms with Gasteiger partial charge in [-0.05, 0) is 13.8 Å². The molecule has 0 aliphatic rings. The number of rotatable bonds is 2. The van der Waals surface area contributed by atoms with Gasteiger partial charge in [0.2, 0.25) is 0 Å². The van der Waals surface area contributed by atoms with Gasteiger partial charge in [0.25, 0.3) is 5.91 Å². The van der Waals surface area contributed by atoms with Crippen molar-refractivity contribution in [3.05, 3.63) is 11.8 Å². The summed E-state index contributed by atoms with van der Waals surface area (Å²) in [5.74, 6) is -0.152. The van der Waals surface area contributed by atoms with Crippen LogP contribution in [0.3, 0.4) is 0 Å². The van der Waals surface area contributed by atoms with Gasteiger partial charge in [0.05, 0.1) is 0 Å². The minimum absolute atomic E-state index is 0.152. The fraction of sp³-hybridized carbons (Fsp3) is 0.429. The van der Waals surface area contributed by atoms with E-state index in [0.29, 0.717) is 5.70 Å². The zero-order valence-electron chi connectivity index (χ0n) is 6.51. The van der Waals surface area contributed by atoms with Crippen LogP contribution in [0.4, 0.5) is 0 Å². The van der Waals surface area contributed by atoms with Crippen LogP contribution >= 0.6 is 0 Å². The number of carbonyl (C=O) groups excluding carboxylic acids is 1. The Morgan fingerprint density at radius 3 is 2.40 bits per heavy atom. The molecule has 1 amide bonds. The van der Waals surface area contributed by atoms with E-state index in [4.69, 9.17) is 0 Å². The second-order valence-corrected chi connectivity index (χ2v) is 1.64. The molecule has 0 fully saturated rings. The molecule has 56 valence electrons. The summed E-state index contributed by atoms with van der Waals surface area (Å²) in [7, 11) is 1.58. The first-order chi connectivity index (χ1) is 4.76. The predicted octanol–water partition coefficient (Wildman–Crippen LogP) is 0.727. The van der Waals surface area contributed by atoms with E-state index in [2.05, 4.69) is 10.3 Å². The van der Waals surface area contributed by atoms with Crippen molar-refractivity contribution >= 4 is 12.1 Å². The van der Waals surface area contributed by atoms with Gasteiger partial charge in [0.1, 0.15) is 5.70 Å². The summed E-state index contributed by atoms with van der Waals surface area (Å²) >= 11 is 0. The van der Waals surface area contributed by atoms with Crippen molar-refractivity contribution in [2.24, 2.45) is 4.99 Å². The molecule has 0 saturated carbocycles. The summed E-state index contributed by atoms with van der Waals surface area (Å²) in [6.45, 7) is 3.55. The third-order valence-corrected chi connectivity index (χ3v) is 1.00. The number of amides is 1. The lowest BCUT2D eigenvalue weighted by Crippen LogP contribution is -2.18. The molecule has 10 heavy (non-hydrogen) atoms. The molecule has 3 heteroatoms. The summed E-state index contributed by atoms with van der Waals surface area (Å²) in [6, 6.07) is 0. The lowest BCUT2D eigenvalue weighted by atomic mass is 10.4. The number of nitrogens with zero attached hydrogens (tertiary/aromatic N) is 1. The average Bonchev–Trinajstić information content (AvgIpc) is 1.99. The molecule has 0 aliphatic carbocycles. The third-order valence-electron chi connectivity index (χ3n) is 1.00. The van der Waals surface area contributed by atoms with Crippen LogP contribution in [-0.4, -0.2) is 19.2 Å². The van der Waals surface area contributed by atoms with Crippen LogP contribution < -0.4 is 5.32 Å². The smallest absolute Gasteiger partial charge is 0.269 e. The highest BCUT2D eigenvalue weighted by Gasteiger charge is 2.00. The fourth-order valence-electron chi connectivity index (χ4n) is 0.531. The van der Waals surface area contributed by atoms with Gasteiger partial charge in [-0.1, -0.05) is 6.08 Å². The highest BCUT2D eigenvalue weighted by atomic mass is 16.1. The number of carbonyl (C=O) groups is 1. The Labute approximate surface area is 60.8 Å². The Morgan fingerprint density at radius 1 is 1.50 bits per heavy atom. The molecule has 0 atom stereocenters. The molecule has 0 aliphatic heterocycles. The lowest BCUT2D eigenvalue weighted by Gasteiger charge is -1.96. The van der Waals surface area contributed by atoms with Crippen LogP contribution in [0.25, 0.3) is 0 Å². The van der Waals surface area contributed by atoms with E-state index in [0.717, 1.165) is 0 Å². The zero-order valence-corrected chi connectivity index (χ0v) is 6.51. The van der Waals surface area contributed by atoms with Crippen molar-refractivity contribution in [1.29, 1.82) is 0 Å². The standard InChI is InChI=1S/C7H12N2O/c1-4-6(9-5-2)7(10)8-3/h4-5H,1-3H3,(H,8,10)/b6-4-,9-5?. The second kappa shape index (κ2) is 4.73. The van der Waals surface area contributed by atoms with Gasteiger partial charge in [0.15, 0.2) is 0 Å². The first-order valence-corrected chi connectivity index (χ1v) is 3.13. The van der Waals surface area contributed by atoms with E-state index in [1.165, 1.54) is 0 Å². The largest absolute Gasteiger partial charge is 0.354 e. The zero-order chi connectivity index (χ0) is 7.98. The SMILES string of the molecule is CC=N/C(=C\C)C(=O)NC. The average molecular weight is 140 g/mol. The molecule has 1 N–H and O–H groups in total. The van der Waals surface area contributed by atoms with E-state index in [1.807, 2.05) is 0 Å². The van der Waals surface area contributed by atoms with Crippen molar-refractivity contribution in [2.45, 2.75) is 13.8 Å². The summed E-state index contributed by atoms with van der Waals surface area (Å²) < 4.78 is 0. The Morgan fingerprint density at radius 2 is 2.10 bits per heavy atom. The van der Waals surface area contributed by atoms with E-state index in [9.17, 15) is 4.79 Å². The number of nitrogens with one attached hydrogen (secondary N) is 1. The topological polar surface area (TPSA) is 41.5 Å². The van der Waals surface area contributed by atoms with Crippen LogP contribution in [0.2, 0.25) is 0 Å². The van der Waals surface area contributed by atoms with Gasteiger partial charge < -0.3 is 5.32 Å². The maximum Gasteiger partial charge on any atom is 0.269 e. The van der Waals surface area contributed by atoms with Crippen LogP contribution in [0.15, 0.2) is 16.8 Å². The van der Waals surface area contributed by atoms with Crippen molar-refractivity contribution in [3.8, 4) is 0 Å². The molecule has 0 aromatic carbocycles. The molecular weight excluding hydrogens is 128 g/mol. The minimum atomic E-state index is -0.152. The van der Waals surface area contributed by atoms with Gasteiger partial charge in [0, 0.05) is 13.3 Å². The van der Waals surface area contributed by atoms with Gasteiger partial charge >= 0.3 is 0 Å².